The molecule has 1 aromatic heterocycles. The predicted molar refractivity (Wildman–Crippen MR) is 131 cm³/mol. The molecule has 3 amide bonds. The molecule has 196 valence electrons. The van der Waals surface area contributed by atoms with Crippen LogP contribution in [0.5, 0.6) is 5.75 Å². The lowest BCUT2D eigenvalue weighted by Gasteiger charge is -2.36. The van der Waals surface area contributed by atoms with Crippen LogP contribution >= 0.6 is 0 Å². The van der Waals surface area contributed by atoms with Crippen LogP contribution in [-0.2, 0) is 14.3 Å². The summed E-state index contributed by atoms with van der Waals surface area (Å²) in [5.74, 6) is -0.115. The van der Waals surface area contributed by atoms with Crippen molar-refractivity contribution in [2.45, 2.75) is 32.9 Å². The van der Waals surface area contributed by atoms with Crippen molar-refractivity contribution in [2.75, 3.05) is 52.9 Å². The Morgan fingerprint density at radius 3 is 2.58 bits per heavy atom. The highest BCUT2D eigenvalue weighted by Gasteiger charge is 2.30. The zero-order valence-electron chi connectivity index (χ0n) is 21.6. The fourth-order valence-electron chi connectivity index (χ4n) is 4.07. The van der Waals surface area contributed by atoms with Crippen LogP contribution in [0.2, 0.25) is 0 Å². The number of aromatic nitrogens is 1. The number of nitrogens with zero attached hydrogens (tertiary/aromatic N) is 3. The van der Waals surface area contributed by atoms with Crippen LogP contribution in [0.25, 0.3) is 0 Å². The van der Waals surface area contributed by atoms with Crippen molar-refractivity contribution in [3.63, 3.8) is 0 Å². The van der Waals surface area contributed by atoms with E-state index in [0.29, 0.717) is 30.1 Å². The molecule has 0 fully saturated rings. The number of ether oxygens (including phenoxy) is 3. The van der Waals surface area contributed by atoms with Gasteiger partial charge in [-0.3, -0.25) is 14.4 Å². The number of benzene rings is 1. The van der Waals surface area contributed by atoms with Gasteiger partial charge in [0.05, 0.1) is 17.7 Å². The summed E-state index contributed by atoms with van der Waals surface area (Å²) < 4.78 is 21.8. The molecule has 0 bridgehead atoms. The molecule has 1 aromatic carbocycles. The van der Waals surface area contributed by atoms with Gasteiger partial charge >= 0.3 is 0 Å². The van der Waals surface area contributed by atoms with Crippen LogP contribution in [0.4, 0.5) is 5.69 Å². The molecular formula is C25H34N4O7. The average Bonchev–Trinajstić information content (AvgIpc) is 3.29. The van der Waals surface area contributed by atoms with Crippen molar-refractivity contribution in [2.24, 2.45) is 5.92 Å². The summed E-state index contributed by atoms with van der Waals surface area (Å²) in [5, 5.41) is 6.47. The second-order valence-corrected chi connectivity index (χ2v) is 9.06. The molecule has 11 heteroatoms. The molecule has 0 unspecified atom stereocenters. The smallest absolute Gasteiger partial charge is 0.277 e. The van der Waals surface area contributed by atoms with E-state index in [1.165, 1.54) is 13.2 Å². The minimum Gasteiger partial charge on any atom is -0.491 e. The minimum atomic E-state index is -0.454. The quantitative estimate of drug-likeness (QED) is 0.660. The van der Waals surface area contributed by atoms with E-state index >= 15 is 0 Å². The van der Waals surface area contributed by atoms with Crippen molar-refractivity contribution >= 4 is 23.4 Å². The van der Waals surface area contributed by atoms with E-state index in [1.54, 1.807) is 49.1 Å². The molecule has 0 aliphatic carbocycles. The Morgan fingerprint density at radius 1 is 1.19 bits per heavy atom. The number of carbonyl (C=O) groups is 3. The van der Waals surface area contributed by atoms with Crippen LogP contribution in [0.3, 0.4) is 0 Å². The first kappa shape index (κ1) is 27.2. The maximum absolute atomic E-state index is 13.3. The van der Waals surface area contributed by atoms with E-state index in [1.807, 2.05) is 13.8 Å². The molecule has 2 heterocycles. The molecule has 2 aromatic rings. The lowest BCUT2D eigenvalue weighted by atomic mass is 10.0. The minimum absolute atomic E-state index is 0.0508. The summed E-state index contributed by atoms with van der Waals surface area (Å²) in [6, 6.07) is 6.02. The molecule has 0 saturated heterocycles. The van der Waals surface area contributed by atoms with Crippen LogP contribution in [-0.4, -0.2) is 92.4 Å². The lowest BCUT2D eigenvalue weighted by molar-refractivity contribution is -0.139. The molecular weight excluding hydrogens is 468 g/mol. The molecule has 3 atom stereocenters. The van der Waals surface area contributed by atoms with E-state index in [2.05, 4.69) is 10.5 Å². The first-order valence-corrected chi connectivity index (χ1v) is 11.7. The Bertz CT molecular complexity index is 1090. The van der Waals surface area contributed by atoms with E-state index < -0.39 is 5.91 Å². The van der Waals surface area contributed by atoms with Crippen LogP contribution < -0.4 is 10.1 Å². The van der Waals surface area contributed by atoms with Gasteiger partial charge in [-0.15, -0.1) is 0 Å². The van der Waals surface area contributed by atoms with Crippen LogP contribution in [0.15, 0.2) is 28.8 Å². The fourth-order valence-corrected chi connectivity index (χ4v) is 4.07. The standard InChI is InChI=1S/C25H34N4O7/c1-15-11-29(23(30)14-33-5)16(2)13-35-21-10-18(26-24(31)20-9-17(3)36-27-20)7-8-19(21)25(32)28(4)12-22(15)34-6/h7-10,15-16,22H,11-14H2,1-6H3,(H,26,31)/t15-,16-,22+/m0/s1. The molecule has 1 aliphatic heterocycles. The number of aryl methyl sites for hydroxylation is 1. The number of likely N-dealkylation sites (N-methyl/N-ethyl adjacent to an activating group) is 1. The summed E-state index contributed by atoms with van der Waals surface area (Å²) in [5.41, 5.74) is 0.890. The summed E-state index contributed by atoms with van der Waals surface area (Å²) >= 11 is 0. The number of hydrogen-bond donors (Lipinski definition) is 1. The zero-order valence-corrected chi connectivity index (χ0v) is 21.6. The number of nitrogens with one attached hydrogen (secondary N) is 1. The number of carbonyl (C=O) groups excluding carboxylic acids is 3. The van der Waals surface area contributed by atoms with Crippen LogP contribution in [0, 0.1) is 12.8 Å². The van der Waals surface area contributed by atoms with Gasteiger partial charge in [-0.1, -0.05) is 12.1 Å². The fraction of sp³-hybridized carbons (Fsp3) is 0.520. The van der Waals surface area contributed by atoms with Gasteiger partial charge < -0.3 is 33.9 Å². The molecule has 1 aliphatic rings. The van der Waals surface area contributed by atoms with E-state index in [0.717, 1.165) is 0 Å². The topological polar surface area (TPSA) is 123 Å². The molecule has 0 saturated carbocycles. The Hall–Kier alpha value is -3.44. The van der Waals surface area contributed by atoms with Crippen molar-refractivity contribution in [1.29, 1.82) is 0 Å². The normalized spacial score (nSPS) is 21.2. The first-order chi connectivity index (χ1) is 17.1. The van der Waals surface area contributed by atoms with Gasteiger partial charge in [0.25, 0.3) is 11.8 Å². The number of fused-ring (bicyclic) bond motifs is 1. The van der Waals surface area contributed by atoms with Crippen molar-refractivity contribution in [3.05, 3.63) is 41.3 Å². The maximum Gasteiger partial charge on any atom is 0.277 e. The first-order valence-electron chi connectivity index (χ1n) is 11.7. The Kier molecular flexibility index (Phi) is 9.05. The highest BCUT2D eigenvalue weighted by molar-refractivity contribution is 6.03. The highest BCUT2D eigenvalue weighted by atomic mass is 16.5. The second-order valence-electron chi connectivity index (χ2n) is 9.06. The van der Waals surface area contributed by atoms with Crippen molar-refractivity contribution < 1.29 is 33.1 Å². The lowest BCUT2D eigenvalue weighted by Crippen LogP contribution is -2.49. The highest BCUT2D eigenvalue weighted by Crippen LogP contribution is 2.27. The van der Waals surface area contributed by atoms with Crippen molar-refractivity contribution in [3.8, 4) is 5.75 Å². The van der Waals surface area contributed by atoms with Gasteiger partial charge in [-0.2, -0.15) is 0 Å². The summed E-state index contributed by atoms with van der Waals surface area (Å²) in [6.45, 7) is 6.36. The molecule has 1 N–H and O–H groups in total. The van der Waals surface area contributed by atoms with Gasteiger partial charge in [0.15, 0.2) is 5.69 Å². The maximum atomic E-state index is 13.3. The van der Waals surface area contributed by atoms with Gasteiger partial charge in [0.2, 0.25) is 5.91 Å². The van der Waals surface area contributed by atoms with E-state index in [9.17, 15) is 14.4 Å². The summed E-state index contributed by atoms with van der Waals surface area (Å²) in [6.07, 6.45) is -0.294. The molecule has 11 nitrogen and oxygen atoms in total. The second kappa shape index (κ2) is 12.0. The van der Waals surface area contributed by atoms with Gasteiger partial charge in [0, 0.05) is 58.1 Å². The average molecular weight is 503 g/mol. The van der Waals surface area contributed by atoms with Gasteiger partial charge in [-0.05, 0) is 26.0 Å². The molecule has 0 radical (unpaired) electrons. The van der Waals surface area contributed by atoms with Gasteiger partial charge in [0.1, 0.15) is 24.7 Å². The zero-order chi connectivity index (χ0) is 26.4. The van der Waals surface area contributed by atoms with Gasteiger partial charge in [-0.25, -0.2) is 0 Å². The molecule has 3 rings (SSSR count). The van der Waals surface area contributed by atoms with E-state index in [4.69, 9.17) is 18.7 Å². The number of methoxy groups -OCH3 is 2. The van der Waals surface area contributed by atoms with Crippen molar-refractivity contribution in [1.82, 2.24) is 15.0 Å². The van der Waals surface area contributed by atoms with Crippen LogP contribution in [0.1, 0.15) is 40.5 Å². The number of rotatable bonds is 5. The summed E-state index contributed by atoms with van der Waals surface area (Å²) in [4.78, 5) is 41.9. The monoisotopic (exact) mass is 502 g/mol. The summed E-state index contributed by atoms with van der Waals surface area (Å²) in [7, 11) is 4.76. The Morgan fingerprint density at radius 2 is 1.94 bits per heavy atom. The Balaban J connectivity index is 1.93. The number of hydrogen-bond acceptors (Lipinski definition) is 8. The predicted octanol–water partition coefficient (Wildman–Crippen LogP) is 2.21. The third kappa shape index (κ3) is 6.41. The molecule has 0 spiro atoms. The SMILES string of the molecule is COCC(=O)N1C[C@H](C)[C@H](OC)CN(C)C(=O)c2ccc(NC(=O)c3cc(C)on3)cc2OC[C@@H]1C. The number of anilines is 1. The third-order valence-electron chi connectivity index (χ3n) is 6.15. The molecule has 36 heavy (non-hydrogen) atoms. The third-order valence-corrected chi connectivity index (χ3v) is 6.15. The van der Waals surface area contributed by atoms with E-state index in [-0.39, 0.29) is 54.5 Å². The Labute approximate surface area is 210 Å². The largest absolute Gasteiger partial charge is 0.491 e. The number of amides is 3.